The molecule has 1 unspecified atom stereocenters. The first-order chi connectivity index (χ1) is 20.9. The Balaban J connectivity index is 1.21. The number of aliphatic hydroxyl groups excluding tert-OH is 1. The molecule has 5 aromatic rings. The number of H-pyrrole nitrogens is 1. The summed E-state index contributed by atoms with van der Waals surface area (Å²) in [6.07, 6.45) is 8.05. The number of aliphatic hydroxyl groups is 1. The molecule has 2 fully saturated rings. The smallest absolute Gasteiger partial charge is 0.251 e. The standard InChI is InChI=1S/C32H34N6O5/c1-17-34-24-12-10-18(14-27(24)42-17)21-16-33-29-28(21)31(43-20-6-3-4-7-20)38-32(37-29)36-23-13-11-19(15-26(23)41-2)30(40)35-22-8-5-9-25(22)39/h10-16,20,22,25,39H,3-9H2,1-2H3,(H,35,40)(H2,33,36,37,38)/t22?,25-/m0/s1. The second-order valence-electron chi connectivity index (χ2n) is 11.3. The zero-order chi connectivity index (χ0) is 29.5. The number of hydrogen-bond donors (Lipinski definition) is 4. The van der Waals surface area contributed by atoms with E-state index in [0.29, 0.717) is 52.4 Å². The number of hydrogen-bond acceptors (Lipinski definition) is 9. The number of anilines is 2. The molecule has 0 spiro atoms. The zero-order valence-electron chi connectivity index (χ0n) is 24.1. The fourth-order valence-corrected chi connectivity index (χ4v) is 6.16. The maximum absolute atomic E-state index is 12.9. The first kappa shape index (κ1) is 27.2. The van der Waals surface area contributed by atoms with Gasteiger partial charge in [-0.05, 0) is 80.8 Å². The van der Waals surface area contributed by atoms with Gasteiger partial charge in [-0.15, -0.1) is 0 Å². The number of aromatic amines is 1. The molecule has 0 bridgehead atoms. The van der Waals surface area contributed by atoms with Crippen LogP contribution in [0.2, 0.25) is 0 Å². The molecule has 43 heavy (non-hydrogen) atoms. The summed E-state index contributed by atoms with van der Waals surface area (Å²) in [6.45, 7) is 1.83. The molecule has 0 aliphatic heterocycles. The van der Waals surface area contributed by atoms with Gasteiger partial charge in [0.15, 0.2) is 11.5 Å². The van der Waals surface area contributed by atoms with E-state index in [1.54, 1.807) is 25.3 Å². The average molecular weight is 583 g/mol. The average Bonchev–Trinajstić information content (AvgIpc) is 3.81. The van der Waals surface area contributed by atoms with Gasteiger partial charge >= 0.3 is 0 Å². The number of nitrogens with zero attached hydrogens (tertiary/aromatic N) is 3. The van der Waals surface area contributed by atoms with Gasteiger partial charge in [0.25, 0.3) is 5.91 Å². The van der Waals surface area contributed by atoms with E-state index >= 15 is 0 Å². The van der Waals surface area contributed by atoms with Crippen LogP contribution in [0, 0.1) is 6.92 Å². The van der Waals surface area contributed by atoms with Crippen molar-refractivity contribution >= 4 is 39.7 Å². The third-order valence-electron chi connectivity index (χ3n) is 8.39. The Morgan fingerprint density at radius 1 is 1.05 bits per heavy atom. The highest BCUT2D eigenvalue weighted by Crippen LogP contribution is 2.38. The number of methoxy groups -OCH3 is 1. The second kappa shape index (κ2) is 11.2. The number of aromatic nitrogens is 4. The molecule has 11 nitrogen and oxygen atoms in total. The van der Waals surface area contributed by atoms with Crippen LogP contribution in [0.1, 0.15) is 61.2 Å². The van der Waals surface area contributed by atoms with Crippen LogP contribution >= 0.6 is 0 Å². The number of carbonyl (C=O) groups is 1. The minimum absolute atomic E-state index is 0.0822. The van der Waals surface area contributed by atoms with Crippen molar-refractivity contribution in [2.45, 2.75) is 70.1 Å². The van der Waals surface area contributed by atoms with Crippen molar-refractivity contribution in [2.24, 2.45) is 0 Å². The molecule has 222 valence electrons. The number of rotatable bonds is 8. The molecule has 3 aromatic heterocycles. The number of benzene rings is 2. The van der Waals surface area contributed by atoms with Crippen molar-refractivity contribution in [3.8, 4) is 22.8 Å². The third-order valence-corrected chi connectivity index (χ3v) is 8.39. The number of ether oxygens (including phenoxy) is 2. The van der Waals surface area contributed by atoms with Gasteiger partial charge in [-0.25, -0.2) is 4.98 Å². The lowest BCUT2D eigenvalue weighted by molar-refractivity contribution is 0.0873. The summed E-state index contributed by atoms with van der Waals surface area (Å²) in [4.78, 5) is 30.2. The monoisotopic (exact) mass is 582 g/mol. The van der Waals surface area contributed by atoms with Crippen molar-refractivity contribution in [3.05, 3.63) is 54.0 Å². The highest BCUT2D eigenvalue weighted by Gasteiger charge is 2.27. The molecule has 1 amide bonds. The van der Waals surface area contributed by atoms with Crippen LogP contribution < -0.4 is 20.1 Å². The summed E-state index contributed by atoms with van der Waals surface area (Å²) in [5.41, 5.74) is 5.03. The normalized spacial score (nSPS) is 18.9. The first-order valence-corrected chi connectivity index (χ1v) is 14.8. The Morgan fingerprint density at radius 2 is 1.91 bits per heavy atom. The number of nitrogens with one attached hydrogen (secondary N) is 3. The van der Waals surface area contributed by atoms with Gasteiger partial charge in [0.2, 0.25) is 11.8 Å². The van der Waals surface area contributed by atoms with Crippen molar-refractivity contribution in [2.75, 3.05) is 12.4 Å². The van der Waals surface area contributed by atoms with Gasteiger partial charge in [-0.2, -0.15) is 9.97 Å². The molecule has 2 aliphatic carbocycles. The summed E-state index contributed by atoms with van der Waals surface area (Å²) in [6, 6.07) is 10.8. The first-order valence-electron chi connectivity index (χ1n) is 14.8. The summed E-state index contributed by atoms with van der Waals surface area (Å²) >= 11 is 0. The molecule has 2 atom stereocenters. The van der Waals surface area contributed by atoms with E-state index < -0.39 is 6.10 Å². The van der Waals surface area contributed by atoms with E-state index in [9.17, 15) is 9.90 Å². The van der Waals surface area contributed by atoms with E-state index in [4.69, 9.17) is 23.9 Å². The van der Waals surface area contributed by atoms with Gasteiger partial charge in [0.05, 0.1) is 30.3 Å². The molecule has 7 rings (SSSR count). The zero-order valence-corrected chi connectivity index (χ0v) is 24.1. The van der Waals surface area contributed by atoms with Gasteiger partial charge < -0.3 is 34.6 Å². The lowest BCUT2D eigenvalue weighted by Crippen LogP contribution is -2.39. The molecule has 2 saturated carbocycles. The SMILES string of the molecule is COc1cc(C(=O)NC2CCC[C@@H]2O)ccc1Nc1nc(OC2CCCC2)c2c(-c3ccc4nc(C)oc4c3)c[nH]c2n1. The van der Waals surface area contributed by atoms with Gasteiger partial charge in [-0.1, -0.05) is 6.07 Å². The quantitative estimate of drug-likeness (QED) is 0.178. The molecule has 4 N–H and O–H groups in total. The van der Waals surface area contributed by atoms with E-state index in [2.05, 4.69) is 20.6 Å². The van der Waals surface area contributed by atoms with E-state index in [1.165, 1.54) is 0 Å². The van der Waals surface area contributed by atoms with Crippen LogP contribution in [0.4, 0.5) is 11.6 Å². The third kappa shape index (κ3) is 5.36. The largest absolute Gasteiger partial charge is 0.495 e. The Bertz CT molecular complexity index is 1810. The van der Waals surface area contributed by atoms with Crippen molar-refractivity contribution in [3.63, 3.8) is 0 Å². The number of carbonyl (C=O) groups excluding carboxylic acids is 1. The number of fused-ring (bicyclic) bond motifs is 2. The lowest BCUT2D eigenvalue weighted by Gasteiger charge is -2.18. The van der Waals surface area contributed by atoms with Gasteiger partial charge in [-0.3, -0.25) is 4.79 Å². The van der Waals surface area contributed by atoms with Crippen LogP contribution in [-0.4, -0.2) is 56.3 Å². The summed E-state index contributed by atoms with van der Waals surface area (Å²) < 4.78 is 17.9. The van der Waals surface area contributed by atoms with Crippen LogP contribution in [0.3, 0.4) is 0 Å². The van der Waals surface area contributed by atoms with Gasteiger partial charge in [0.1, 0.15) is 23.0 Å². The summed E-state index contributed by atoms with van der Waals surface area (Å²) in [7, 11) is 1.55. The number of oxazole rings is 1. The molecule has 2 aliphatic rings. The topological polar surface area (TPSA) is 147 Å². The van der Waals surface area contributed by atoms with Crippen LogP contribution in [0.25, 0.3) is 33.3 Å². The molecular formula is C32H34N6O5. The maximum atomic E-state index is 12.9. The molecule has 3 heterocycles. The summed E-state index contributed by atoms with van der Waals surface area (Å²) in [5.74, 6) is 1.66. The fraction of sp³-hybridized carbons (Fsp3) is 0.375. The molecular weight excluding hydrogens is 548 g/mol. The molecule has 11 heteroatoms. The summed E-state index contributed by atoms with van der Waals surface area (Å²) in [5, 5.41) is 17.1. The van der Waals surface area contributed by atoms with E-state index in [0.717, 1.165) is 60.6 Å². The lowest BCUT2D eigenvalue weighted by atomic mass is 10.1. The van der Waals surface area contributed by atoms with Gasteiger partial charge in [0, 0.05) is 24.2 Å². The van der Waals surface area contributed by atoms with E-state index in [1.807, 2.05) is 31.3 Å². The highest BCUT2D eigenvalue weighted by molar-refractivity contribution is 5.99. The van der Waals surface area contributed by atoms with Crippen molar-refractivity contribution < 1.29 is 23.8 Å². The Kier molecular flexibility index (Phi) is 7.10. The maximum Gasteiger partial charge on any atom is 0.251 e. The molecule has 0 saturated heterocycles. The number of aryl methyl sites for hydroxylation is 1. The second-order valence-corrected chi connectivity index (χ2v) is 11.3. The van der Waals surface area contributed by atoms with Crippen LogP contribution in [0.15, 0.2) is 47.0 Å². The minimum Gasteiger partial charge on any atom is -0.495 e. The fourth-order valence-electron chi connectivity index (χ4n) is 6.16. The predicted octanol–water partition coefficient (Wildman–Crippen LogP) is 5.79. The van der Waals surface area contributed by atoms with E-state index in [-0.39, 0.29) is 18.1 Å². The molecule has 2 aromatic carbocycles. The minimum atomic E-state index is -0.512. The van der Waals surface area contributed by atoms with Crippen molar-refractivity contribution in [1.29, 1.82) is 0 Å². The predicted molar refractivity (Wildman–Crippen MR) is 162 cm³/mol. The Labute approximate surface area is 248 Å². The van der Waals surface area contributed by atoms with Crippen LogP contribution in [-0.2, 0) is 0 Å². The highest BCUT2D eigenvalue weighted by atomic mass is 16.5. The van der Waals surface area contributed by atoms with Crippen LogP contribution in [0.5, 0.6) is 11.6 Å². The Hall–Kier alpha value is -4.64. The van der Waals surface area contributed by atoms with Crippen molar-refractivity contribution in [1.82, 2.24) is 25.3 Å². The number of amides is 1. The Morgan fingerprint density at radius 3 is 2.70 bits per heavy atom. The molecule has 0 radical (unpaired) electrons.